The van der Waals surface area contributed by atoms with E-state index in [9.17, 15) is 13.2 Å². The Morgan fingerprint density at radius 1 is 0.929 bits per heavy atom. The molecule has 0 aliphatic carbocycles. The zero-order chi connectivity index (χ0) is 20.1. The van der Waals surface area contributed by atoms with Crippen molar-refractivity contribution < 1.29 is 17.9 Å². The van der Waals surface area contributed by atoms with Gasteiger partial charge in [0.1, 0.15) is 5.75 Å². The second-order valence-corrected chi connectivity index (χ2v) is 8.74. The number of anilines is 1. The predicted octanol–water partition coefficient (Wildman–Crippen LogP) is 4.73. The highest BCUT2D eigenvalue weighted by molar-refractivity contribution is 14.1. The molecule has 1 amide bonds. The highest BCUT2D eigenvalue weighted by atomic mass is 127. The van der Waals surface area contributed by atoms with Crippen molar-refractivity contribution in [1.29, 1.82) is 0 Å². The normalized spacial score (nSPS) is 11.1. The highest BCUT2D eigenvalue weighted by Crippen LogP contribution is 2.28. The molecule has 3 rings (SSSR count). The van der Waals surface area contributed by atoms with Gasteiger partial charge in [0.25, 0.3) is 15.9 Å². The number of hydrogen-bond donors (Lipinski definition) is 0. The second-order valence-electron chi connectivity index (χ2n) is 5.79. The molecule has 0 heterocycles. The summed E-state index contributed by atoms with van der Waals surface area (Å²) < 4.78 is 33.6. The summed E-state index contributed by atoms with van der Waals surface area (Å²) in [5.41, 5.74) is 0.563. The van der Waals surface area contributed by atoms with E-state index >= 15 is 0 Å². The lowest BCUT2D eigenvalue weighted by atomic mass is 10.2. The lowest BCUT2D eigenvalue weighted by Crippen LogP contribution is -2.37. The molecule has 0 aliphatic rings. The topological polar surface area (TPSA) is 63.7 Å². The third-order valence-electron chi connectivity index (χ3n) is 3.95. The Morgan fingerprint density at radius 3 is 2.14 bits per heavy atom. The molecule has 144 valence electrons. The van der Waals surface area contributed by atoms with Gasteiger partial charge in [-0.15, -0.1) is 0 Å². The Balaban J connectivity index is 2.14. The van der Waals surface area contributed by atoms with Crippen LogP contribution < -0.4 is 9.04 Å². The smallest absolute Gasteiger partial charge is 0.273 e. The van der Waals surface area contributed by atoms with E-state index in [1.807, 2.05) is 29.5 Å². The van der Waals surface area contributed by atoms with E-state index in [-0.39, 0.29) is 10.6 Å². The molecule has 0 atom stereocenters. The van der Waals surface area contributed by atoms with E-state index in [1.165, 1.54) is 12.1 Å². The summed E-state index contributed by atoms with van der Waals surface area (Å²) in [4.78, 5) is 13.4. The number of sulfonamides is 1. The maximum Gasteiger partial charge on any atom is 0.273 e. The van der Waals surface area contributed by atoms with Crippen LogP contribution >= 0.6 is 22.6 Å². The second kappa shape index (κ2) is 8.74. The fourth-order valence-corrected chi connectivity index (χ4v) is 4.70. The number of rotatable bonds is 6. The molecule has 5 nitrogen and oxygen atoms in total. The Bertz CT molecular complexity index is 1070. The number of carbonyl (C=O) groups excluding carboxylic acids is 1. The van der Waals surface area contributed by atoms with Gasteiger partial charge < -0.3 is 4.74 Å². The molecule has 0 radical (unpaired) electrons. The van der Waals surface area contributed by atoms with Gasteiger partial charge in [0, 0.05) is 3.57 Å². The van der Waals surface area contributed by atoms with Crippen molar-refractivity contribution in [3.63, 3.8) is 0 Å². The molecule has 0 saturated heterocycles. The van der Waals surface area contributed by atoms with Crippen LogP contribution in [0.2, 0.25) is 0 Å². The van der Waals surface area contributed by atoms with Crippen molar-refractivity contribution in [2.24, 2.45) is 0 Å². The third-order valence-corrected chi connectivity index (χ3v) is 6.62. The van der Waals surface area contributed by atoms with Gasteiger partial charge in [0.15, 0.2) is 0 Å². The van der Waals surface area contributed by atoms with Crippen LogP contribution in [0.1, 0.15) is 17.3 Å². The minimum absolute atomic E-state index is 0.0446. The predicted molar refractivity (Wildman–Crippen MR) is 117 cm³/mol. The molecule has 3 aromatic carbocycles. The van der Waals surface area contributed by atoms with Crippen LogP contribution in [0, 0.1) is 3.57 Å². The average Bonchev–Trinajstić information content (AvgIpc) is 2.70. The summed E-state index contributed by atoms with van der Waals surface area (Å²) in [6.45, 7) is 2.35. The molecule has 0 fully saturated rings. The van der Waals surface area contributed by atoms with Crippen molar-refractivity contribution in [3.05, 3.63) is 88.0 Å². The molecule has 0 aromatic heterocycles. The van der Waals surface area contributed by atoms with E-state index in [1.54, 1.807) is 66.7 Å². The first kappa shape index (κ1) is 20.3. The van der Waals surface area contributed by atoms with Crippen LogP contribution in [0.25, 0.3) is 0 Å². The maximum atomic E-state index is 13.3. The van der Waals surface area contributed by atoms with Crippen LogP contribution in [0.15, 0.2) is 83.8 Å². The molecule has 0 spiro atoms. The van der Waals surface area contributed by atoms with Gasteiger partial charge in [-0.25, -0.2) is 8.42 Å². The van der Waals surface area contributed by atoms with Crippen LogP contribution in [0.5, 0.6) is 5.75 Å². The van der Waals surface area contributed by atoms with Crippen molar-refractivity contribution in [2.45, 2.75) is 11.8 Å². The van der Waals surface area contributed by atoms with Gasteiger partial charge in [-0.05, 0) is 78.0 Å². The summed E-state index contributed by atoms with van der Waals surface area (Å²) in [6, 6.07) is 21.2. The van der Waals surface area contributed by atoms with E-state index in [0.29, 0.717) is 21.5 Å². The van der Waals surface area contributed by atoms with E-state index in [0.717, 1.165) is 4.31 Å². The molecule has 0 saturated carbocycles. The number of ether oxygens (including phenoxy) is 1. The Morgan fingerprint density at radius 2 is 1.54 bits per heavy atom. The SMILES string of the molecule is CCOc1ccc(N(C(=O)c2ccccc2I)S(=O)(=O)c2ccccc2)cc1. The summed E-state index contributed by atoms with van der Waals surface area (Å²) in [7, 11) is -4.10. The zero-order valence-electron chi connectivity index (χ0n) is 15.1. The summed E-state index contributed by atoms with van der Waals surface area (Å²) in [5.74, 6) is -0.0111. The van der Waals surface area contributed by atoms with Gasteiger partial charge in [-0.1, -0.05) is 30.3 Å². The Kier molecular flexibility index (Phi) is 6.35. The number of amides is 1. The van der Waals surface area contributed by atoms with Crippen molar-refractivity contribution in [3.8, 4) is 5.75 Å². The monoisotopic (exact) mass is 507 g/mol. The summed E-state index contributed by atoms with van der Waals surface area (Å²) in [5, 5.41) is 0. The van der Waals surface area contributed by atoms with E-state index < -0.39 is 15.9 Å². The number of benzene rings is 3. The molecule has 0 N–H and O–H groups in total. The van der Waals surface area contributed by atoms with Crippen molar-refractivity contribution >= 4 is 44.2 Å². The third kappa shape index (κ3) is 4.20. The molecule has 0 aliphatic heterocycles. The first-order chi connectivity index (χ1) is 13.4. The number of hydrogen-bond acceptors (Lipinski definition) is 4. The average molecular weight is 507 g/mol. The lowest BCUT2D eigenvalue weighted by Gasteiger charge is -2.23. The standard InChI is InChI=1S/C21H18INO4S/c1-2-27-17-14-12-16(13-15-17)23(21(24)19-10-6-7-11-20(19)22)28(25,26)18-8-4-3-5-9-18/h3-15H,2H2,1H3. The fraction of sp³-hybridized carbons (Fsp3) is 0.0952. The number of carbonyl (C=O) groups is 1. The molecule has 7 heteroatoms. The first-order valence-corrected chi connectivity index (χ1v) is 11.1. The zero-order valence-corrected chi connectivity index (χ0v) is 18.1. The van der Waals surface area contributed by atoms with Crippen LogP contribution in [0.4, 0.5) is 5.69 Å². The largest absolute Gasteiger partial charge is 0.494 e. The van der Waals surface area contributed by atoms with Crippen LogP contribution in [-0.4, -0.2) is 20.9 Å². The van der Waals surface area contributed by atoms with Crippen LogP contribution in [0.3, 0.4) is 0 Å². The van der Waals surface area contributed by atoms with Gasteiger partial charge in [0.05, 0.1) is 22.8 Å². The minimum Gasteiger partial charge on any atom is -0.494 e. The van der Waals surface area contributed by atoms with Crippen molar-refractivity contribution in [2.75, 3.05) is 10.9 Å². The molecule has 3 aromatic rings. The molecule has 0 unspecified atom stereocenters. The summed E-state index contributed by atoms with van der Waals surface area (Å²) in [6.07, 6.45) is 0. The van der Waals surface area contributed by atoms with Gasteiger partial charge in [0.2, 0.25) is 0 Å². The number of nitrogens with zero attached hydrogens (tertiary/aromatic N) is 1. The van der Waals surface area contributed by atoms with Gasteiger partial charge in [-0.3, -0.25) is 4.79 Å². The minimum atomic E-state index is -4.10. The molecular formula is C21H18INO4S. The number of halogens is 1. The first-order valence-electron chi connectivity index (χ1n) is 8.57. The Labute approximate surface area is 178 Å². The maximum absolute atomic E-state index is 13.3. The fourth-order valence-electron chi connectivity index (χ4n) is 2.65. The van der Waals surface area contributed by atoms with Gasteiger partial charge >= 0.3 is 0 Å². The van der Waals surface area contributed by atoms with E-state index in [2.05, 4.69) is 0 Å². The Hall–Kier alpha value is -2.39. The quantitative estimate of drug-likeness (QED) is 0.453. The lowest BCUT2D eigenvalue weighted by molar-refractivity contribution is 0.100. The molecule has 0 bridgehead atoms. The van der Waals surface area contributed by atoms with Gasteiger partial charge in [-0.2, -0.15) is 4.31 Å². The highest BCUT2D eigenvalue weighted by Gasteiger charge is 2.32. The van der Waals surface area contributed by atoms with Crippen LogP contribution in [-0.2, 0) is 10.0 Å². The molecule has 28 heavy (non-hydrogen) atoms. The molecular weight excluding hydrogens is 489 g/mol. The summed E-state index contributed by atoms with van der Waals surface area (Å²) >= 11 is 2.03. The van der Waals surface area contributed by atoms with Crippen molar-refractivity contribution in [1.82, 2.24) is 0 Å². The van der Waals surface area contributed by atoms with E-state index in [4.69, 9.17) is 4.74 Å².